The van der Waals surface area contributed by atoms with E-state index in [0.717, 1.165) is 52.8 Å². The second-order valence-corrected chi connectivity index (χ2v) is 7.80. The first kappa shape index (κ1) is 17.1. The fraction of sp³-hybridized carbons (Fsp3) is 0.368. The first-order chi connectivity index (χ1) is 12.5. The Morgan fingerprint density at radius 3 is 2.92 bits per heavy atom. The molecule has 2 aromatic heterocycles. The van der Waals surface area contributed by atoms with E-state index in [4.69, 9.17) is 10.2 Å². The normalized spacial score (nSPS) is 19.5. The third kappa shape index (κ3) is 3.35. The monoisotopic (exact) mass is 414 g/mol. The van der Waals surface area contributed by atoms with E-state index in [2.05, 4.69) is 30.9 Å². The van der Waals surface area contributed by atoms with Gasteiger partial charge in [-0.05, 0) is 50.3 Å². The highest BCUT2D eigenvalue weighted by Gasteiger charge is 2.32. The molecule has 0 radical (unpaired) electrons. The van der Waals surface area contributed by atoms with E-state index in [0.29, 0.717) is 17.5 Å². The Hall–Kier alpha value is -2.28. The molecule has 0 bridgehead atoms. The Labute approximate surface area is 159 Å². The highest BCUT2D eigenvalue weighted by molar-refractivity contribution is 9.10. The summed E-state index contributed by atoms with van der Waals surface area (Å²) >= 11 is 3.44. The molecule has 1 aliphatic rings. The lowest BCUT2D eigenvalue weighted by atomic mass is 9.71. The maximum Gasteiger partial charge on any atom is 0.269 e. The summed E-state index contributed by atoms with van der Waals surface area (Å²) in [7, 11) is 0. The summed E-state index contributed by atoms with van der Waals surface area (Å²) in [6, 6.07) is 5.86. The number of oxazole rings is 1. The fourth-order valence-electron chi connectivity index (χ4n) is 3.49. The van der Waals surface area contributed by atoms with Crippen molar-refractivity contribution in [2.24, 2.45) is 11.7 Å². The molecule has 0 spiro atoms. The van der Waals surface area contributed by atoms with Gasteiger partial charge in [-0.3, -0.25) is 9.78 Å². The molecule has 0 saturated heterocycles. The summed E-state index contributed by atoms with van der Waals surface area (Å²) in [6.45, 7) is 1.75. The maximum absolute atomic E-state index is 11.4. The molecule has 2 heterocycles. The Morgan fingerprint density at radius 1 is 1.35 bits per heavy atom. The number of nitrogens with zero attached hydrogens (tertiary/aromatic N) is 3. The minimum atomic E-state index is -0.518. The van der Waals surface area contributed by atoms with Gasteiger partial charge in [-0.1, -0.05) is 15.9 Å². The van der Waals surface area contributed by atoms with E-state index in [-0.39, 0.29) is 5.69 Å². The van der Waals surface area contributed by atoms with Crippen LogP contribution in [0.2, 0.25) is 0 Å². The number of benzene rings is 1. The lowest BCUT2D eigenvalue weighted by Gasteiger charge is -2.34. The molecule has 0 unspecified atom stereocenters. The molecule has 1 aromatic carbocycles. The van der Waals surface area contributed by atoms with Gasteiger partial charge in [0.05, 0.1) is 11.4 Å². The van der Waals surface area contributed by atoms with Crippen LogP contribution in [-0.4, -0.2) is 20.9 Å². The first-order valence-electron chi connectivity index (χ1n) is 8.68. The number of nitrogens with two attached hydrogens (primary N) is 1. The molecule has 0 aliphatic heterocycles. The van der Waals surface area contributed by atoms with E-state index in [1.165, 1.54) is 0 Å². The number of halogens is 1. The molecule has 4 rings (SSSR count). The Bertz CT molecular complexity index is 979. The van der Waals surface area contributed by atoms with Gasteiger partial charge in [0.1, 0.15) is 11.2 Å². The molecular weight excluding hydrogens is 396 g/mol. The molecule has 1 fully saturated rings. The SMILES string of the molecule is Cc1ncc(C2CC(CCc3nc4ccc(Br)cc4o3)C2)nc1C(N)=O. The van der Waals surface area contributed by atoms with Gasteiger partial charge in [0.2, 0.25) is 0 Å². The highest BCUT2D eigenvalue weighted by atomic mass is 79.9. The predicted molar refractivity (Wildman–Crippen MR) is 101 cm³/mol. The fourth-order valence-corrected chi connectivity index (χ4v) is 3.83. The van der Waals surface area contributed by atoms with Crippen molar-refractivity contribution in [3.8, 4) is 0 Å². The van der Waals surface area contributed by atoms with Crippen LogP contribution in [0.25, 0.3) is 11.1 Å². The molecule has 1 amide bonds. The van der Waals surface area contributed by atoms with Crippen molar-refractivity contribution in [3.05, 3.63) is 51.8 Å². The number of carbonyl (C=O) groups excluding carboxylic acids is 1. The van der Waals surface area contributed by atoms with Gasteiger partial charge in [-0.25, -0.2) is 9.97 Å². The zero-order chi connectivity index (χ0) is 18.3. The van der Waals surface area contributed by atoms with E-state index in [1.54, 1.807) is 13.1 Å². The zero-order valence-corrected chi connectivity index (χ0v) is 16.0. The number of amides is 1. The van der Waals surface area contributed by atoms with Crippen LogP contribution in [0.15, 0.2) is 33.3 Å². The molecule has 7 heteroatoms. The molecule has 6 nitrogen and oxygen atoms in total. The molecule has 1 saturated carbocycles. The topological polar surface area (TPSA) is 94.9 Å². The summed E-state index contributed by atoms with van der Waals surface area (Å²) in [6.07, 6.45) is 5.72. The summed E-state index contributed by atoms with van der Waals surface area (Å²) in [5.74, 6) is 1.23. The number of aromatic nitrogens is 3. The van der Waals surface area contributed by atoms with E-state index >= 15 is 0 Å². The number of fused-ring (bicyclic) bond motifs is 1. The second-order valence-electron chi connectivity index (χ2n) is 6.89. The van der Waals surface area contributed by atoms with Crippen molar-refractivity contribution in [1.82, 2.24) is 15.0 Å². The zero-order valence-electron chi connectivity index (χ0n) is 14.4. The van der Waals surface area contributed by atoms with Crippen molar-refractivity contribution in [2.45, 2.75) is 38.5 Å². The number of hydrogen-bond donors (Lipinski definition) is 1. The smallest absolute Gasteiger partial charge is 0.269 e. The van der Waals surface area contributed by atoms with E-state index in [9.17, 15) is 4.79 Å². The van der Waals surface area contributed by atoms with Crippen LogP contribution < -0.4 is 5.73 Å². The van der Waals surface area contributed by atoms with Crippen molar-refractivity contribution < 1.29 is 9.21 Å². The van der Waals surface area contributed by atoms with Gasteiger partial charge < -0.3 is 10.2 Å². The molecular formula is C19H19BrN4O2. The quantitative estimate of drug-likeness (QED) is 0.682. The van der Waals surface area contributed by atoms with Crippen molar-refractivity contribution in [3.63, 3.8) is 0 Å². The number of primary amides is 1. The van der Waals surface area contributed by atoms with Crippen LogP contribution in [0, 0.1) is 12.8 Å². The standard InChI is InChI=1S/C19H19BrN4O2/c1-10-18(19(21)25)24-15(9-22-10)12-6-11(7-12)2-5-17-23-14-4-3-13(20)8-16(14)26-17/h3-4,8-9,11-12H,2,5-7H2,1H3,(H2,21,25). The first-order valence-corrected chi connectivity index (χ1v) is 9.47. The average molecular weight is 415 g/mol. The lowest BCUT2D eigenvalue weighted by molar-refractivity contribution is 0.0993. The van der Waals surface area contributed by atoms with Crippen molar-refractivity contribution >= 4 is 32.9 Å². The molecule has 0 atom stereocenters. The van der Waals surface area contributed by atoms with Gasteiger partial charge in [0, 0.05) is 23.0 Å². The van der Waals surface area contributed by atoms with Crippen LogP contribution in [-0.2, 0) is 6.42 Å². The van der Waals surface area contributed by atoms with E-state index in [1.807, 2.05) is 18.2 Å². The minimum Gasteiger partial charge on any atom is -0.441 e. The number of rotatable bonds is 5. The second kappa shape index (κ2) is 6.79. The molecule has 3 aromatic rings. The Kier molecular flexibility index (Phi) is 4.48. The molecule has 2 N–H and O–H groups in total. The Morgan fingerprint density at radius 2 is 2.15 bits per heavy atom. The van der Waals surface area contributed by atoms with Crippen LogP contribution >= 0.6 is 15.9 Å². The average Bonchev–Trinajstić information content (AvgIpc) is 2.96. The predicted octanol–water partition coefficient (Wildman–Crippen LogP) is 3.91. The van der Waals surface area contributed by atoms with Gasteiger partial charge >= 0.3 is 0 Å². The third-order valence-corrected chi connectivity index (χ3v) is 5.52. The van der Waals surface area contributed by atoms with Crippen LogP contribution in [0.4, 0.5) is 0 Å². The van der Waals surface area contributed by atoms with Crippen molar-refractivity contribution in [2.75, 3.05) is 0 Å². The van der Waals surface area contributed by atoms with Gasteiger partial charge in [0.25, 0.3) is 5.91 Å². The van der Waals surface area contributed by atoms with Crippen LogP contribution in [0.3, 0.4) is 0 Å². The Balaban J connectivity index is 1.35. The minimum absolute atomic E-state index is 0.281. The highest BCUT2D eigenvalue weighted by Crippen LogP contribution is 2.43. The van der Waals surface area contributed by atoms with Gasteiger partial charge in [0.15, 0.2) is 11.5 Å². The molecule has 26 heavy (non-hydrogen) atoms. The van der Waals surface area contributed by atoms with Crippen molar-refractivity contribution in [1.29, 1.82) is 0 Å². The largest absolute Gasteiger partial charge is 0.441 e. The third-order valence-electron chi connectivity index (χ3n) is 5.02. The summed E-state index contributed by atoms with van der Waals surface area (Å²) in [5, 5.41) is 0. The summed E-state index contributed by atoms with van der Waals surface area (Å²) < 4.78 is 6.81. The summed E-state index contributed by atoms with van der Waals surface area (Å²) in [4.78, 5) is 24.6. The summed E-state index contributed by atoms with van der Waals surface area (Å²) in [5.41, 5.74) is 8.80. The number of carbonyl (C=O) groups is 1. The van der Waals surface area contributed by atoms with Crippen LogP contribution in [0.1, 0.15) is 52.9 Å². The number of hydrogen-bond acceptors (Lipinski definition) is 5. The molecule has 1 aliphatic carbocycles. The molecule has 134 valence electrons. The maximum atomic E-state index is 11.4. The van der Waals surface area contributed by atoms with Gasteiger partial charge in [-0.2, -0.15) is 0 Å². The lowest BCUT2D eigenvalue weighted by Crippen LogP contribution is -2.25. The van der Waals surface area contributed by atoms with E-state index < -0.39 is 5.91 Å². The number of aryl methyl sites for hydroxylation is 2. The van der Waals surface area contributed by atoms with Crippen LogP contribution in [0.5, 0.6) is 0 Å². The van der Waals surface area contributed by atoms with Gasteiger partial charge in [-0.15, -0.1) is 0 Å².